The number of hydrogen-bond donors (Lipinski definition) is 0. The van der Waals surface area contributed by atoms with Crippen molar-refractivity contribution >= 4 is 26.6 Å². The highest BCUT2D eigenvalue weighted by atomic mass is 32.2. The minimum atomic E-state index is -3.51. The van der Waals surface area contributed by atoms with Gasteiger partial charge in [-0.15, -0.1) is 0 Å². The van der Waals surface area contributed by atoms with Crippen molar-refractivity contribution in [1.82, 2.24) is 9.29 Å². The maximum absolute atomic E-state index is 13.0. The van der Waals surface area contributed by atoms with Gasteiger partial charge in [0.05, 0.1) is 22.7 Å². The first-order valence-corrected chi connectivity index (χ1v) is 10.9. The lowest BCUT2D eigenvalue weighted by molar-refractivity contribution is 0.340. The molecule has 2 heterocycles. The second-order valence-electron chi connectivity index (χ2n) is 6.65. The molecule has 0 radical (unpaired) electrons. The molecule has 3 aromatic rings. The van der Waals surface area contributed by atoms with Gasteiger partial charge in [-0.2, -0.15) is 4.31 Å². The largest absolute Gasteiger partial charge is 0.494 e. The Morgan fingerprint density at radius 1 is 0.964 bits per heavy atom. The van der Waals surface area contributed by atoms with Crippen molar-refractivity contribution in [2.45, 2.75) is 11.8 Å². The smallest absolute Gasteiger partial charge is 0.243 e. The molecular weight excluding hydrogens is 374 g/mol. The molecule has 0 unspecified atom stereocenters. The van der Waals surface area contributed by atoms with Gasteiger partial charge in [0.1, 0.15) is 5.75 Å². The third kappa shape index (κ3) is 3.55. The zero-order chi connectivity index (χ0) is 19.6. The van der Waals surface area contributed by atoms with Gasteiger partial charge in [0.25, 0.3) is 0 Å². The summed E-state index contributed by atoms with van der Waals surface area (Å²) in [6.07, 6.45) is 1.79. The average molecular weight is 398 g/mol. The van der Waals surface area contributed by atoms with Gasteiger partial charge in [0.2, 0.25) is 10.0 Å². The molecule has 1 saturated heterocycles. The van der Waals surface area contributed by atoms with Gasteiger partial charge in [0, 0.05) is 37.8 Å². The van der Waals surface area contributed by atoms with E-state index in [0.717, 1.165) is 16.6 Å². The van der Waals surface area contributed by atoms with Crippen molar-refractivity contribution in [3.05, 3.63) is 60.8 Å². The van der Waals surface area contributed by atoms with Crippen molar-refractivity contribution in [2.24, 2.45) is 0 Å². The van der Waals surface area contributed by atoms with Crippen LogP contribution >= 0.6 is 0 Å². The standard InChI is InChI=1S/C21H23N3O3S/c1-2-27-18-8-10-19(11-9-18)28(25,26)24-15-13-23(14-16-24)20-7-3-5-17-6-4-12-22-21(17)20/h3-12H,2,13-16H2,1H3. The van der Waals surface area contributed by atoms with E-state index >= 15 is 0 Å². The van der Waals surface area contributed by atoms with Crippen LogP contribution in [0.1, 0.15) is 6.92 Å². The molecule has 1 fully saturated rings. The topological polar surface area (TPSA) is 62.7 Å². The summed E-state index contributed by atoms with van der Waals surface area (Å²) in [6, 6.07) is 16.7. The summed E-state index contributed by atoms with van der Waals surface area (Å²) in [5.41, 5.74) is 2.00. The molecule has 1 aromatic heterocycles. The van der Waals surface area contributed by atoms with Gasteiger partial charge in [0.15, 0.2) is 0 Å². The van der Waals surface area contributed by atoms with Crippen LogP contribution in [0.3, 0.4) is 0 Å². The molecular formula is C21H23N3O3S. The van der Waals surface area contributed by atoms with Crippen LogP contribution in [0.4, 0.5) is 5.69 Å². The van der Waals surface area contributed by atoms with Crippen LogP contribution in [0.25, 0.3) is 10.9 Å². The number of ether oxygens (including phenoxy) is 1. The SMILES string of the molecule is CCOc1ccc(S(=O)(=O)N2CCN(c3cccc4cccnc34)CC2)cc1. The van der Waals surface area contributed by atoms with E-state index in [1.807, 2.05) is 37.3 Å². The highest BCUT2D eigenvalue weighted by molar-refractivity contribution is 7.89. The van der Waals surface area contributed by atoms with E-state index in [-0.39, 0.29) is 0 Å². The fourth-order valence-electron chi connectivity index (χ4n) is 3.54. The molecule has 4 rings (SSSR count). The van der Waals surface area contributed by atoms with E-state index in [9.17, 15) is 8.42 Å². The summed E-state index contributed by atoms with van der Waals surface area (Å²) in [7, 11) is -3.51. The van der Waals surface area contributed by atoms with Crippen LogP contribution in [0.5, 0.6) is 5.75 Å². The van der Waals surface area contributed by atoms with Crippen molar-refractivity contribution in [2.75, 3.05) is 37.7 Å². The second kappa shape index (κ2) is 7.77. The van der Waals surface area contributed by atoms with E-state index in [2.05, 4.69) is 9.88 Å². The maximum atomic E-state index is 13.0. The van der Waals surface area contributed by atoms with Crippen molar-refractivity contribution in [3.63, 3.8) is 0 Å². The number of para-hydroxylation sites is 1. The Bertz CT molecular complexity index is 1050. The van der Waals surface area contributed by atoms with Crippen molar-refractivity contribution in [1.29, 1.82) is 0 Å². The lowest BCUT2D eigenvalue weighted by Gasteiger charge is -2.35. The Morgan fingerprint density at radius 2 is 1.68 bits per heavy atom. The highest BCUT2D eigenvalue weighted by Gasteiger charge is 2.29. The Kier molecular flexibility index (Phi) is 5.19. The molecule has 0 aliphatic carbocycles. The molecule has 28 heavy (non-hydrogen) atoms. The number of sulfonamides is 1. The Morgan fingerprint density at radius 3 is 2.39 bits per heavy atom. The first-order chi connectivity index (χ1) is 13.6. The minimum absolute atomic E-state index is 0.302. The normalized spacial score (nSPS) is 15.7. The molecule has 1 aliphatic heterocycles. The lowest BCUT2D eigenvalue weighted by Crippen LogP contribution is -2.48. The molecule has 146 valence electrons. The maximum Gasteiger partial charge on any atom is 0.243 e. The number of hydrogen-bond acceptors (Lipinski definition) is 5. The number of piperazine rings is 1. The number of benzene rings is 2. The monoisotopic (exact) mass is 397 g/mol. The Balaban J connectivity index is 1.50. The molecule has 1 aliphatic rings. The first kappa shape index (κ1) is 18.7. The number of rotatable bonds is 5. The molecule has 2 aromatic carbocycles. The second-order valence-corrected chi connectivity index (χ2v) is 8.59. The van der Waals surface area contributed by atoms with E-state index < -0.39 is 10.0 Å². The van der Waals surface area contributed by atoms with Gasteiger partial charge in [-0.3, -0.25) is 4.98 Å². The Labute approximate surface area is 165 Å². The van der Waals surface area contributed by atoms with Crippen molar-refractivity contribution in [3.8, 4) is 5.75 Å². The number of nitrogens with zero attached hydrogens (tertiary/aromatic N) is 3. The summed E-state index contributed by atoms with van der Waals surface area (Å²) < 4.78 is 32.9. The summed E-state index contributed by atoms with van der Waals surface area (Å²) in [6.45, 7) is 4.60. The molecule has 0 N–H and O–H groups in total. The predicted molar refractivity (Wildman–Crippen MR) is 110 cm³/mol. The molecule has 0 bridgehead atoms. The zero-order valence-corrected chi connectivity index (χ0v) is 16.6. The highest BCUT2D eigenvalue weighted by Crippen LogP contribution is 2.27. The summed E-state index contributed by atoms with van der Waals surface area (Å²) in [5.74, 6) is 0.676. The molecule has 7 heteroatoms. The summed E-state index contributed by atoms with van der Waals surface area (Å²) >= 11 is 0. The molecule has 0 amide bonds. The molecule has 0 saturated carbocycles. The van der Waals surface area contributed by atoms with Crippen molar-refractivity contribution < 1.29 is 13.2 Å². The zero-order valence-electron chi connectivity index (χ0n) is 15.8. The van der Waals surface area contributed by atoms with Gasteiger partial charge in [-0.1, -0.05) is 18.2 Å². The fourth-order valence-corrected chi connectivity index (χ4v) is 4.96. The summed E-state index contributed by atoms with van der Waals surface area (Å²) in [5, 5.41) is 1.09. The van der Waals surface area contributed by atoms with Gasteiger partial charge >= 0.3 is 0 Å². The van der Waals surface area contributed by atoms with E-state index in [1.165, 1.54) is 0 Å². The van der Waals surface area contributed by atoms with E-state index in [0.29, 0.717) is 43.4 Å². The van der Waals surface area contributed by atoms with Gasteiger partial charge in [-0.25, -0.2) is 8.42 Å². The third-order valence-electron chi connectivity index (χ3n) is 4.96. The van der Waals surface area contributed by atoms with Crippen LogP contribution in [0.2, 0.25) is 0 Å². The lowest BCUT2D eigenvalue weighted by atomic mass is 10.1. The number of fused-ring (bicyclic) bond motifs is 1. The number of aromatic nitrogens is 1. The Hall–Kier alpha value is -2.64. The summed E-state index contributed by atoms with van der Waals surface area (Å²) in [4.78, 5) is 7.02. The van der Waals surface area contributed by atoms with Gasteiger partial charge < -0.3 is 9.64 Å². The van der Waals surface area contributed by atoms with E-state index in [1.54, 1.807) is 34.8 Å². The molecule has 0 atom stereocenters. The van der Waals surface area contributed by atoms with Crippen LogP contribution in [-0.4, -0.2) is 50.5 Å². The number of anilines is 1. The quantitative estimate of drug-likeness (QED) is 0.662. The molecule has 6 nitrogen and oxygen atoms in total. The first-order valence-electron chi connectivity index (χ1n) is 9.41. The van der Waals surface area contributed by atoms with Crippen LogP contribution in [0.15, 0.2) is 65.7 Å². The number of pyridine rings is 1. The van der Waals surface area contributed by atoms with Crippen LogP contribution < -0.4 is 9.64 Å². The predicted octanol–water partition coefficient (Wildman–Crippen LogP) is 3.14. The fraction of sp³-hybridized carbons (Fsp3) is 0.286. The van der Waals surface area contributed by atoms with Crippen LogP contribution in [-0.2, 0) is 10.0 Å². The third-order valence-corrected chi connectivity index (χ3v) is 6.88. The van der Waals surface area contributed by atoms with Crippen LogP contribution in [0, 0.1) is 0 Å². The minimum Gasteiger partial charge on any atom is -0.494 e. The average Bonchev–Trinajstić information content (AvgIpc) is 2.74. The molecule has 0 spiro atoms. The van der Waals surface area contributed by atoms with E-state index in [4.69, 9.17) is 4.74 Å². The van der Waals surface area contributed by atoms with Gasteiger partial charge in [-0.05, 0) is 43.3 Å².